The number of aryl methyl sites for hydroxylation is 2. The van der Waals surface area contributed by atoms with E-state index in [1.807, 2.05) is 6.07 Å². The van der Waals surface area contributed by atoms with Gasteiger partial charge in [0.2, 0.25) is 0 Å². The highest BCUT2D eigenvalue weighted by molar-refractivity contribution is 14.1. The minimum absolute atomic E-state index is 0.272. The van der Waals surface area contributed by atoms with Gasteiger partial charge in [-0.25, -0.2) is 9.37 Å². The van der Waals surface area contributed by atoms with Crippen LogP contribution in [0.4, 0.5) is 4.39 Å². The lowest BCUT2D eigenvalue weighted by Crippen LogP contribution is -2.34. The van der Waals surface area contributed by atoms with Crippen LogP contribution in [0.3, 0.4) is 0 Å². The van der Waals surface area contributed by atoms with Crippen molar-refractivity contribution in [2.45, 2.75) is 38.8 Å². The van der Waals surface area contributed by atoms with Crippen molar-refractivity contribution in [3.8, 4) is 5.75 Å². The van der Waals surface area contributed by atoms with Gasteiger partial charge in [-0.2, -0.15) is 0 Å². The summed E-state index contributed by atoms with van der Waals surface area (Å²) in [7, 11) is 1.48. The number of hydrogen-bond acceptors (Lipinski definition) is 3. The first-order valence-corrected chi connectivity index (χ1v) is 9.02. The van der Waals surface area contributed by atoms with E-state index in [1.54, 1.807) is 12.1 Å². The van der Waals surface area contributed by atoms with Crippen LogP contribution in [0.2, 0.25) is 0 Å². The van der Waals surface area contributed by atoms with Crippen LogP contribution in [-0.2, 0) is 19.4 Å². The summed E-state index contributed by atoms with van der Waals surface area (Å²) in [5.41, 5.74) is 2.27. The molecular formula is C17H21FIN3O. The molecule has 2 heterocycles. The topological polar surface area (TPSA) is 39.1 Å². The maximum Gasteiger partial charge on any atom is 0.165 e. The summed E-state index contributed by atoms with van der Waals surface area (Å²) in [6.45, 7) is 4.07. The molecule has 124 valence electrons. The molecule has 6 heteroatoms. The molecule has 0 amide bonds. The van der Waals surface area contributed by atoms with Crippen molar-refractivity contribution >= 4 is 22.6 Å². The molecule has 1 aliphatic rings. The van der Waals surface area contributed by atoms with Crippen LogP contribution in [0.15, 0.2) is 18.2 Å². The predicted octanol–water partition coefficient (Wildman–Crippen LogP) is 3.47. The Morgan fingerprint density at radius 3 is 3.00 bits per heavy atom. The van der Waals surface area contributed by atoms with Gasteiger partial charge in [0.15, 0.2) is 11.6 Å². The van der Waals surface area contributed by atoms with Gasteiger partial charge in [-0.15, -0.1) is 0 Å². The number of nitrogens with zero attached hydrogens (tertiary/aromatic N) is 2. The van der Waals surface area contributed by atoms with Crippen molar-refractivity contribution in [2.75, 3.05) is 13.7 Å². The van der Waals surface area contributed by atoms with Crippen molar-refractivity contribution < 1.29 is 9.13 Å². The van der Waals surface area contributed by atoms with Gasteiger partial charge in [-0.1, -0.05) is 13.0 Å². The van der Waals surface area contributed by atoms with E-state index in [9.17, 15) is 4.39 Å². The van der Waals surface area contributed by atoms with Gasteiger partial charge in [0, 0.05) is 19.5 Å². The third-order valence-electron chi connectivity index (χ3n) is 4.35. The van der Waals surface area contributed by atoms with E-state index in [0.29, 0.717) is 5.75 Å². The lowest BCUT2D eigenvalue weighted by atomic mass is 10.0. The zero-order chi connectivity index (χ0) is 16.4. The first kappa shape index (κ1) is 16.7. The van der Waals surface area contributed by atoms with Gasteiger partial charge < -0.3 is 14.6 Å². The first-order valence-electron chi connectivity index (χ1n) is 7.94. The zero-order valence-corrected chi connectivity index (χ0v) is 15.6. The Balaban J connectivity index is 1.75. The Bertz CT molecular complexity index is 701. The van der Waals surface area contributed by atoms with Crippen molar-refractivity contribution in [2.24, 2.45) is 0 Å². The van der Waals surface area contributed by atoms with Crippen molar-refractivity contribution in [3.05, 3.63) is 44.8 Å². The molecule has 1 aromatic carbocycles. The minimum Gasteiger partial charge on any atom is -0.494 e. The Hall–Kier alpha value is -1.15. The van der Waals surface area contributed by atoms with E-state index < -0.39 is 0 Å². The number of nitrogens with one attached hydrogen (secondary N) is 1. The third-order valence-corrected chi connectivity index (χ3v) is 5.15. The molecule has 4 nitrogen and oxygen atoms in total. The largest absolute Gasteiger partial charge is 0.494 e. The molecule has 0 fully saturated rings. The Kier molecular flexibility index (Phi) is 5.21. The molecule has 0 saturated heterocycles. The van der Waals surface area contributed by atoms with E-state index in [4.69, 9.17) is 4.74 Å². The van der Waals surface area contributed by atoms with Gasteiger partial charge in [-0.3, -0.25) is 0 Å². The fourth-order valence-corrected chi connectivity index (χ4v) is 4.14. The van der Waals surface area contributed by atoms with E-state index in [-0.39, 0.29) is 11.9 Å². The highest BCUT2D eigenvalue weighted by Crippen LogP contribution is 2.29. The number of aromatic nitrogens is 2. The van der Waals surface area contributed by atoms with Gasteiger partial charge in [0.1, 0.15) is 9.53 Å². The summed E-state index contributed by atoms with van der Waals surface area (Å²) >= 11 is 2.32. The van der Waals surface area contributed by atoms with Crippen LogP contribution >= 0.6 is 22.6 Å². The molecule has 1 aromatic heterocycles. The summed E-state index contributed by atoms with van der Waals surface area (Å²) in [5, 5.41) is 3.58. The Morgan fingerprint density at radius 1 is 1.48 bits per heavy atom. The average molecular weight is 429 g/mol. The molecule has 0 bridgehead atoms. The van der Waals surface area contributed by atoms with Gasteiger partial charge in [-0.05, 0) is 53.1 Å². The fraction of sp³-hybridized carbons (Fsp3) is 0.471. The molecule has 0 spiro atoms. The van der Waals surface area contributed by atoms with Crippen molar-refractivity contribution in [3.63, 3.8) is 0 Å². The Labute approximate surface area is 149 Å². The molecular weight excluding hydrogens is 408 g/mol. The number of imidazole rings is 1. The molecule has 1 aliphatic heterocycles. The number of rotatable bonds is 5. The summed E-state index contributed by atoms with van der Waals surface area (Å²) in [5.74, 6) is 1.16. The molecule has 0 radical (unpaired) electrons. The second kappa shape index (κ2) is 7.17. The number of ether oxygens (including phenoxy) is 1. The standard InChI is InChI=1S/C17H21FIN3O/c1-3-15-21-17(19)16-13(20-8-9-22(15)16)6-4-11-5-7-14(23-2)12(18)10-11/h5,7,10,13,20H,3-4,6,8-9H2,1-2H3. The van der Waals surface area contributed by atoms with Crippen LogP contribution < -0.4 is 10.1 Å². The van der Waals surface area contributed by atoms with Crippen molar-refractivity contribution in [1.82, 2.24) is 14.9 Å². The van der Waals surface area contributed by atoms with Crippen LogP contribution in [-0.4, -0.2) is 23.2 Å². The number of halogens is 2. The van der Waals surface area contributed by atoms with Crippen LogP contribution in [0.1, 0.15) is 36.5 Å². The molecule has 1 atom stereocenters. The summed E-state index contributed by atoms with van der Waals surface area (Å²) in [6, 6.07) is 5.47. The molecule has 0 aliphatic carbocycles. The van der Waals surface area contributed by atoms with E-state index in [0.717, 1.165) is 47.4 Å². The lowest BCUT2D eigenvalue weighted by Gasteiger charge is -2.27. The van der Waals surface area contributed by atoms with Gasteiger partial charge >= 0.3 is 0 Å². The molecule has 1 N–H and O–H groups in total. The van der Waals surface area contributed by atoms with E-state index in [1.165, 1.54) is 12.8 Å². The smallest absolute Gasteiger partial charge is 0.165 e. The average Bonchev–Trinajstić information content (AvgIpc) is 2.90. The Morgan fingerprint density at radius 2 is 2.30 bits per heavy atom. The monoisotopic (exact) mass is 429 g/mol. The number of hydrogen-bond donors (Lipinski definition) is 1. The number of benzene rings is 1. The summed E-state index contributed by atoms with van der Waals surface area (Å²) < 4.78 is 22.2. The number of fused-ring (bicyclic) bond motifs is 1. The molecule has 1 unspecified atom stereocenters. The summed E-state index contributed by atoms with van der Waals surface area (Å²) in [4.78, 5) is 4.69. The maximum absolute atomic E-state index is 13.8. The van der Waals surface area contributed by atoms with E-state index >= 15 is 0 Å². The molecule has 2 aromatic rings. The van der Waals surface area contributed by atoms with Crippen LogP contribution in [0, 0.1) is 9.52 Å². The van der Waals surface area contributed by atoms with Gasteiger partial charge in [0.05, 0.1) is 18.8 Å². The van der Waals surface area contributed by atoms with Crippen LogP contribution in [0.5, 0.6) is 5.75 Å². The van der Waals surface area contributed by atoms with Crippen molar-refractivity contribution in [1.29, 1.82) is 0 Å². The van der Waals surface area contributed by atoms with Crippen LogP contribution in [0.25, 0.3) is 0 Å². The minimum atomic E-state index is -0.297. The fourth-order valence-electron chi connectivity index (χ4n) is 3.20. The second-order valence-corrected chi connectivity index (χ2v) is 6.75. The normalized spacial score (nSPS) is 17.1. The summed E-state index contributed by atoms with van der Waals surface area (Å²) in [6.07, 6.45) is 2.70. The zero-order valence-electron chi connectivity index (χ0n) is 13.4. The lowest BCUT2D eigenvalue weighted by molar-refractivity contribution is 0.385. The van der Waals surface area contributed by atoms with Gasteiger partial charge in [0.25, 0.3) is 0 Å². The maximum atomic E-state index is 13.8. The molecule has 0 saturated carbocycles. The quantitative estimate of drug-likeness (QED) is 0.741. The molecule has 23 heavy (non-hydrogen) atoms. The third kappa shape index (κ3) is 3.38. The second-order valence-electron chi connectivity index (χ2n) is 5.72. The predicted molar refractivity (Wildman–Crippen MR) is 96.3 cm³/mol. The number of methoxy groups -OCH3 is 1. The highest BCUT2D eigenvalue weighted by Gasteiger charge is 2.25. The SMILES string of the molecule is CCc1nc(I)c2n1CCNC2CCc1ccc(OC)c(F)c1. The highest BCUT2D eigenvalue weighted by atomic mass is 127. The van der Waals surface area contributed by atoms with E-state index in [2.05, 4.69) is 44.4 Å². The first-order chi connectivity index (χ1) is 11.1. The molecule has 3 rings (SSSR count).